The van der Waals surface area contributed by atoms with Gasteiger partial charge in [0.15, 0.2) is 0 Å². The molecule has 4 nitrogen and oxygen atoms in total. The van der Waals surface area contributed by atoms with Crippen molar-refractivity contribution in [3.8, 4) is 0 Å². The third-order valence-electron chi connectivity index (χ3n) is 5.19. The van der Waals surface area contributed by atoms with Crippen molar-refractivity contribution in [3.63, 3.8) is 0 Å². The van der Waals surface area contributed by atoms with E-state index in [0.29, 0.717) is 12.0 Å². The number of nitrogens with one attached hydrogen (secondary N) is 2. The molecular weight excluding hydrogens is 293 g/mol. The van der Waals surface area contributed by atoms with E-state index in [9.17, 15) is 9.18 Å². The molecule has 1 amide bonds. The molecule has 2 aliphatic rings. The van der Waals surface area contributed by atoms with Crippen LogP contribution in [0.3, 0.4) is 0 Å². The van der Waals surface area contributed by atoms with Gasteiger partial charge in [-0.05, 0) is 49.5 Å². The van der Waals surface area contributed by atoms with Crippen molar-refractivity contribution in [2.45, 2.75) is 32.4 Å². The Morgan fingerprint density at radius 3 is 2.52 bits per heavy atom. The van der Waals surface area contributed by atoms with Gasteiger partial charge >= 0.3 is 0 Å². The maximum Gasteiger partial charge on any atom is 0.223 e. The lowest BCUT2D eigenvalue weighted by Gasteiger charge is -2.35. The van der Waals surface area contributed by atoms with Crippen molar-refractivity contribution in [2.75, 3.05) is 26.2 Å². The zero-order valence-electron chi connectivity index (χ0n) is 13.7. The summed E-state index contributed by atoms with van der Waals surface area (Å²) in [5.41, 5.74) is 1.14. The van der Waals surface area contributed by atoms with Crippen LogP contribution < -0.4 is 10.6 Å². The summed E-state index contributed by atoms with van der Waals surface area (Å²) < 4.78 is 12.9. The second-order valence-electron chi connectivity index (χ2n) is 6.89. The molecule has 2 aliphatic heterocycles. The van der Waals surface area contributed by atoms with Gasteiger partial charge in [0.05, 0.1) is 0 Å². The maximum absolute atomic E-state index is 12.9. The molecule has 126 valence electrons. The summed E-state index contributed by atoms with van der Waals surface area (Å²) in [6.45, 7) is 6.76. The monoisotopic (exact) mass is 319 g/mol. The first kappa shape index (κ1) is 16.4. The highest BCUT2D eigenvalue weighted by atomic mass is 19.1. The van der Waals surface area contributed by atoms with Crippen LogP contribution in [0.25, 0.3) is 0 Å². The lowest BCUT2D eigenvalue weighted by Crippen LogP contribution is -2.52. The lowest BCUT2D eigenvalue weighted by atomic mass is 9.88. The topological polar surface area (TPSA) is 44.4 Å². The highest BCUT2D eigenvalue weighted by Crippen LogP contribution is 2.18. The molecule has 0 saturated carbocycles. The number of likely N-dealkylation sites (tertiary alicyclic amines) is 1. The highest BCUT2D eigenvalue weighted by Gasteiger charge is 2.30. The number of hydrogen-bond donors (Lipinski definition) is 2. The quantitative estimate of drug-likeness (QED) is 0.869. The van der Waals surface area contributed by atoms with Gasteiger partial charge in [-0.3, -0.25) is 9.69 Å². The van der Waals surface area contributed by atoms with E-state index in [4.69, 9.17) is 0 Å². The van der Waals surface area contributed by atoms with Crippen LogP contribution in [-0.4, -0.2) is 43.0 Å². The molecule has 2 heterocycles. The Morgan fingerprint density at radius 1 is 1.30 bits per heavy atom. The molecular formula is C18H26FN3O. The predicted octanol–water partition coefficient (Wildman–Crippen LogP) is 1.76. The van der Waals surface area contributed by atoms with E-state index < -0.39 is 0 Å². The summed E-state index contributed by atoms with van der Waals surface area (Å²) in [4.78, 5) is 14.6. The highest BCUT2D eigenvalue weighted by molar-refractivity contribution is 5.79. The predicted molar refractivity (Wildman–Crippen MR) is 88.4 cm³/mol. The number of hydrogen-bond acceptors (Lipinski definition) is 3. The van der Waals surface area contributed by atoms with Gasteiger partial charge < -0.3 is 10.6 Å². The molecule has 0 spiro atoms. The number of nitrogens with zero attached hydrogens (tertiary/aromatic N) is 1. The van der Waals surface area contributed by atoms with Crippen LogP contribution in [0.2, 0.25) is 0 Å². The van der Waals surface area contributed by atoms with Gasteiger partial charge in [0, 0.05) is 31.6 Å². The van der Waals surface area contributed by atoms with E-state index in [-0.39, 0.29) is 17.6 Å². The fourth-order valence-electron chi connectivity index (χ4n) is 3.29. The van der Waals surface area contributed by atoms with Crippen LogP contribution in [0.4, 0.5) is 4.39 Å². The zero-order chi connectivity index (χ0) is 16.2. The molecule has 2 fully saturated rings. The van der Waals surface area contributed by atoms with E-state index >= 15 is 0 Å². The normalized spacial score (nSPS) is 21.7. The summed E-state index contributed by atoms with van der Waals surface area (Å²) in [5, 5.41) is 6.44. The number of rotatable bonds is 5. The van der Waals surface area contributed by atoms with Crippen molar-refractivity contribution in [1.29, 1.82) is 0 Å². The van der Waals surface area contributed by atoms with Crippen LogP contribution in [0.15, 0.2) is 24.3 Å². The first-order valence-corrected chi connectivity index (χ1v) is 8.59. The van der Waals surface area contributed by atoms with E-state index in [1.54, 1.807) is 0 Å². The van der Waals surface area contributed by atoms with Crippen molar-refractivity contribution in [2.24, 2.45) is 11.8 Å². The molecule has 2 N–H and O–H groups in total. The standard InChI is InChI=1S/C18H26FN3O/c1-13(15-10-20-11-15)18(23)21-17-6-8-22(9-7-17)12-14-2-4-16(19)5-3-14/h2-5,13,15,17,20H,6-12H2,1H3,(H,21,23). The number of piperidine rings is 1. The van der Waals surface area contributed by atoms with E-state index in [1.165, 1.54) is 12.1 Å². The van der Waals surface area contributed by atoms with Gasteiger partial charge in [-0.25, -0.2) is 4.39 Å². The van der Waals surface area contributed by atoms with Crippen molar-refractivity contribution in [3.05, 3.63) is 35.6 Å². The Bertz CT molecular complexity index is 522. The molecule has 1 unspecified atom stereocenters. The van der Waals surface area contributed by atoms with Gasteiger partial charge in [-0.2, -0.15) is 0 Å². The summed E-state index contributed by atoms with van der Waals surface area (Å²) in [5.74, 6) is 0.612. The van der Waals surface area contributed by atoms with E-state index in [2.05, 4.69) is 15.5 Å². The molecule has 23 heavy (non-hydrogen) atoms. The fraction of sp³-hybridized carbons (Fsp3) is 0.611. The van der Waals surface area contributed by atoms with Gasteiger partial charge in [0.25, 0.3) is 0 Å². The first-order chi connectivity index (χ1) is 11.1. The van der Waals surface area contributed by atoms with E-state index in [0.717, 1.165) is 51.1 Å². The van der Waals surface area contributed by atoms with E-state index in [1.807, 2.05) is 19.1 Å². The summed E-state index contributed by atoms with van der Waals surface area (Å²) in [6.07, 6.45) is 1.98. The summed E-state index contributed by atoms with van der Waals surface area (Å²) in [6, 6.07) is 7.01. The van der Waals surface area contributed by atoms with Gasteiger partial charge in [-0.15, -0.1) is 0 Å². The Morgan fingerprint density at radius 2 is 1.96 bits per heavy atom. The fourth-order valence-corrected chi connectivity index (χ4v) is 3.29. The molecule has 0 aromatic heterocycles. The van der Waals surface area contributed by atoms with Crippen molar-refractivity contribution >= 4 is 5.91 Å². The second kappa shape index (κ2) is 7.41. The van der Waals surface area contributed by atoms with Gasteiger partial charge in [-0.1, -0.05) is 19.1 Å². The average Bonchev–Trinajstić information content (AvgIpc) is 2.50. The van der Waals surface area contributed by atoms with Crippen LogP contribution in [0, 0.1) is 17.7 Å². The Balaban J connectivity index is 1.41. The molecule has 0 bridgehead atoms. The number of carbonyl (C=O) groups is 1. The van der Waals surface area contributed by atoms with Crippen molar-refractivity contribution in [1.82, 2.24) is 15.5 Å². The molecule has 1 atom stereocenters. The third kappa shape index (κ3) is 4.30. The van der Waals surface area contributed by atoms with Crippen LogP contribution in [0.5, 0.6) is 0 Å². The summed E-state index contributed by atoms with van der Waals surface area (Å²) in [7, 11) is 0. The smallest absolute Gasteiger partial charge is 0.223 e. The summed E-state index contributed by atoms with van der Waals surface area (Å²) >= 11 is 0. The number of halogens is 1. The van der Waals surface area contributed by atoms with Crippen molar-refractivity contribution < 1.29 is 9.18 Å². The Labute approximate surface area is 137 Å². The second-order valence-corrected chi connectivity index (χ2v) is 6.89. The third-order valence-corrected chi connectivity index (χ3v) is 5.19. The maximum atomic E-state index is 12.9. The number of carbonyl (C=O) groups excluding carboxylic acids is 1. The SMILES string of the molecule is CC(C(=O)NC1CCN(Cc2ccc(F)cc2)CC1)C1CNC1. The van der Waals surface area contributed by atoms with Crippen LogP contribution in [-0.2, 0) is 11.3 Å². The minimum absolute atomic E-state index is 0.105. The Hall–Kier alpha value is -1.46. The molecule has 0 radical (unpaired) electrons. The first-order valence-electron chi connectivity index (χ1n) is 8.59. The average molecular weight is 319 g/mol. The number of amides is 1. The molecule has 5 heteroatoms. The number of benzene rings is 1. The molecule has 0 aliphatic carbocycles. The van der Waals surface area contributed by atoms with Crippen LogP contribution >= 0.6 is 0 Å². The molecule has 3 rings (SSSR count). The Kier molecular flexibility index (Phi) is 5.28. The zero-order valence-corrected chi connectivity index (χ0v) is 13.7. The molecule has 2 saturated heterocycles. The van der Waals surface area contributed by atoms with Gasteiger partial charge in [0.1, 0.15) is 5.82 Å². The lowest BCUT2D eigenvalue weighted by molar-refractivity contribution is -0.127. The molecule has 1 aromatic rings. The molecule has 1 aromatic carbocycles. The minimum Gasteiger partial charge on any atom is -0.353 e. The minimum atomic E-state index is -0.189. The van der Waals surface area contributed by atoms with Gasteiger partial charge in [0.2, 0.25) is 5.91 Å². The van der Waals surface area contributed by atoms with Crippen LogP contribution in [0.1, 0.15) is 25.3 Å². The largest absolute Gasteiger partial charge is 0.353 e.